The van der Waals surface area contributed by atoms with E-state index in [1.807, 2.05) is 74.5 Å². The van der Waals surface area contributed by atoms with E-state index in [0.717, 1.165) is 62.5 Å². The van der Waals surface area contributed by atoms with Gasteiger partial charge in [-0.25, -0.2) is 31.3 Å². The largest absolute Gasteiger partial charge is 0.507 e. The van der Waals surface area contributed by atoms with Crippen molar-refractivity contribution in [2.24, 2.45) is 0 Å². The van der Waals surface area contributed by atoms with Crippen molar-refractivity contribution in [2.75, 3.05) is 55.0 Å². The summed E-state index contributed by atoms with van der Waals surface area (Å²) in [6.45, 7) is 11.9. The Kier molecular flexibility index (Phi) is 20.5. The second kappa shape index (κ2) is 27.9. The number of phenols is 2. The van der Waals surface area contributed by atoms with Gasteiger partial charge in [0.2, 0.25) is 31.9 Å². The van der Waals surface area contributed by atoms with Crippen molar-refractivity contribution in [1.29, 1.82) is 0 Å². The lowest BCUT2D eigenvalue weighted by molar-refractivity contribution is -0.119. The molecular weight excluding hydrogens is 1130 g/mol. The summed E-state index contributed by atoms with van der Waals surface area (Å²) in [5.41, 5.74) is 7.51. The number of benzene rings is 7. The molecule has 2 fully saturated rings. The first-order chi connectivity index (χ1) is 41.0. The molecule has 2 amide bonds. The molecule has 1 saturated heterocycles. The van der Waals surface area contributed by atoms with Crippen molar-refractivity contribution in [1.82, 2.24) is 8.61 Å². The zero-order valence-electron chi connectivity index (χ0n) is 48.4. The minimum absolute atomic E-state index is 0.0628. The molecule has 9 rings (SSSR count). The summed E-state index contributed by atoms with van der Waals surface area (Å²) in [5.74, 6) is -3.76. The van der Waals surface area contributed by atoms with E-state index >= 15 is 0 Å². The van der Waals surface area contributed by atoms with E-state index in [-0.39, 0.29) is 45.4 Å². The molecule has 7 aromatic rings. The molecule has 448 valence electrons. The van der Waals surface area contributed by atoms with Crippen molar-refractivity contribution in [3.05, 3.63) is 214 Å². The molecule has 0 atom stereocenters. The molecule has 1 heterocycles. The summed E-state index contributed by atoms with van der Waals surface area (Å²) in [7, 11) is -5.22. The molecular formula is C66H70N6O12S2. The number of carbonyl (C=O) groups excluding carboxylic acids is 2. The first-order valence-electron chi connectivity index (χ1n) is 28.2. The Morgan fingerprint density at radius 3 is 1.27 bits per heavy atom. The van der Waals surface area contributed by atoms with Crippen LogP contribution in [-0.2, 0) is 42.7 Å². The lowest BCUT2D eigenvalue weighted by Gasteiger charge is -2.34. The Labute approximate surface area is 502 Å². The molecule has 18 nitrogen and oxygen atoms in total. The van der Waals surface area contributed by atoms with E-state index in [0.29, 0.717) is 17.5 Å². The van der Waals surface area contributed by atoms with Crippen LogP contribution in [0.5, 0.6) is 11.5 Å². The van der Waals surface area contributed by atoms with Gasteiger partial charge in [-0.1, -0.05) is 115 Å². The number of sulfonamides is 2. The number of aromatic hydroxyl groups is 2. The van der Waals surface area contributed by atoms with Crippen molar-refractivity contribution in [3.8, 4) is 11.5 Å². The lowest BCUT2D eigenvalue weighted by Crippen LogP contribution is -2.41. The molecule has 4 N–H and O–H groups in total. The van der Waals surface area contributed by atoms with Crippen LogP contribution in [0.1, 0.15) is 111 Å². The predicted molar refractivity (Wildman–Crippen MR) is 330 cm³/mol. The van der Waals surface area contributed by atoms with Crippen LogP contribution in [0, 0.1) is 20.4 Å². The summed E-state index contributed by atoms with van der Waals surface area (Å²) in [6.07, 6.45) is 7.99. The second-order valence-electron chi connectivity index (χ2n) is 21.8. The highest BCUT2D eigenvalue weighted by atomic mass is 32.2. The summed E-state index contributed by atoms with van der Waals surface area (Å²) < 4.78 is 54.6. The highest BCUT2D eigenvalue weighted by Gasteiger charge is 2.30. The Morgan fingerprint density at radius 1 is 0.523 bits per heavy atom. The number of hydrogen-bond acceptors (Lipinski definition) is 11. The van der Waals surface area contributed by atoms with Crippen molar-refractivity contribution < 1.29 is 56.4 Å². The van der Waals surface area contributed by atoms with Crippen LogP contribution in [0.15, 0.2) is 168 Å². The first-order valence-corrected chi connectivity index (χ1v) is 31.1. The maximum absolute atomic E-state index is 13.7. The van der Waals surface area contributed by atoms with Gasteiger partial charge in [-0.2, -0.15) is 8.61 Å². The fourth-order valence-corrected chi connectivity index (χ4v) is 12.9. The van der Waals surface area contributed by atoms with Gasteiger partial charge in [0.1, 0.15) is 22.6 Å². The quantitative estimate of drug-likeness (QED) is 0.0552. The van der Waals surface area contributed by atoms with Crippen LogP contribution < -0.4 is 14.7 Å². The van der Waals surface area contributed by atoms with Crippen LogP contribution >= 0.6 is 0 Å². The molecule has 0 spiro atoms. The van der Waals surface area contributed by atoms with Gasteiger partial charge in [-0.15, -0.1) is 0 Å². The van der Waals surface area contributed by atoms with Crippen molar-refractivity contribution in [3.63, 3.8) is 0 Å². The SMILES string of the molecule is Cc1ccc(S(=O)(=O)N(C)CC(=O)N(Cc2ccc(C3CCCCC3)cc2)c2ccc(C(=O)O)c(O)c2)cc1.[C-]#[N+]c1ccc(N2CCC(c3ccc(CN(C(=O)CN(C)S(=O)(=O)c4ccc(C)cc4)c4ccc(C(=O)O)c(O)c4)cc3)CC2)cc1. The molecule has 1 saturated carbocycles. The fraction of sp³-hybridized carbons (Fsp3) is 0.288. The third kappa shape index (κ3) is 15.5. The normalized spacial score (nSPS) is 14.0. The molecule has 0 bridgehead atoms. The molecule has 0 radical (unpaired) electrons. The number of rotatable bonds is 19. The second-order valence-corrected chi connectivity index (χ2v) is 25.9. The zero-order valence-corrected chi connectivity index (χ0v) is 50.0. The van der Waals surface area contributed by atoms with Gasteiger partial charge in [0.25, 0.3) is 0 Å². The average molecular weight is 1200 g/mol. The summed E-state index contributed by atoms with van der Waals surface area (Å²) >= 11 is 0. The maximum Gasteiger partial charge on any atom is 0.339 e. The predicted octanol–water partition coefficient (Wildman–Crippen LogP) is 11.5. The number of amides is 2. The number of aryl methyl sites for hydroxylation is 2. The standard InChI is InChI=1S/C36H36N4O6S.C30H34N2O6S/c1-25-4-15-32(16-5-25)47(45,46)38(3)24-35(42)40(31-14-17-33(36(43)44)34(41)22-31)23-26-6-8-27(9-7-26)28-18-20-39(21-19-28)30-12-10-29(37-2)11-13-30;1-21-8-15-26(16-9-21)39(37,38)31(2)20-29(34)32(25-14-17-27(30(35)36)28(33)18-25)19-22-10-12-24(13-11-22)23-6-4-3-5-7-23/h4-17,22,28,41H,18-21,23-24H2,1,3H3,(H,43,44);8-18,23,33H,3-7,19-20H2,1-2H3,(H,35,36). The van der Waals surface area contributed by atoms with Crippen LogP contribution in [0.4, 0.5) is 22.7 Å². The van der Waals surface area contributed by atoms with Gasteiger partial charge in [-0.3, -0.25) is 9.59 Å². The Bertz CT molecular complexity index is 3820. The molecule has 2 aliphatic rings. The maximum atomic E-state index is 13.7. The van der Waals surface area contributed by atoms with E-state index in [1.165, 1.54) is 128 Å². The van der Waals surface area contributed by atoms with E-state index in [9.17, 15) is 56.4 Å². The van der Waals surface area contributed by atoms with Gasteiger partial charge in [0.15, 0.2) is 5.69 Å². The molecule has 7 aromatic carbocycles. The van der Waals surface area contributed by atoms with E-state index in [1.54, 1.807) is 24.3 Å². The molecule has 1 aliphatic heterocycles. The first kappa shape index (κ1) is 63.2. The number of likely N-dealkylation sites (N-methyl/N-ethyl adjacent to an activating group) is 2. The van der Waals surface area contributed by atoms with Crippen LogP contribution in [0.2, 0.25) is 0 Å². The number of carboxylic acid groups (broad SMARTS) is 2. The van der Waals surface area contributed by atoms with E-state index in [2.05, 4.69) is 21.9 Å². The van der Waals surface area contributed by atoms with E-state index < -0.39 is 68.4 Å². The third-order valence-corrected chi connectivity index (χ3v) is 19.5. The molecule has 0 aromatic heterocycles. The third-order valence-electron chi connectivity index (χ3n) is 15.9. The number of anilines is 3. The summed E-state index contributed by atoms with van der Waals surface area (Å²) in [4.78, 5) is 58.8. The summed E-state index contributed by atoms with van der Waals surface area (Å²) in [6, 6.07) is 44.1. The number of carboxylic acids is 2. The highest BCUT2D eigenvalue weighted by Crippen LogP contribution is 2.35. The Hall–Kier alpha value is -8.87. The minimum Gasteiger partial charge on any atom is -0.507 e. The topological polar surface area (TPSA) is 238 Å². The average Bonchev–Trinajstić information content (AvgIpc) is 1.85. The molecule has 86 heavy (non-hydrogen) atoms. The monoisotopic (exact) mass is 1200 g/mol. The van der Waals surface area contributed by atoms with Gasteiger partial charge >= 0.3 is 11.9 Å². The Morgan fingerprint density at radius 2 is 0.907 bits per heavy atom. The summed E-state index contributed by atoms with van der Waals surface area (Å²) in [5, 5.41) is 39.4. The van der Waals surface area contributed by atoms with Gasteiger partial charge in [-0.05, 0) is 134 Å². The van der Waals surface area contributed by atoms with Gasteiger partial charge in [0.05, 0.1) is 42.5 Å². The fourth-order valence-electron chi connectivity index (χ4n) is 10.7. The Balaban J connectivity index is 0.000000227. The van der Waals surface area contributed by atoms with Crippen LogP contribution in [0.3, 0.4) is 0 Å². The van der Waals surface area contributed by atoms with Crippen LogP contribution in [-0.4, -0.2) is 110 Å². The van der Waals surface area contributed by atoms with Gasteiger partial charge < -0.3 is 35.1 Å². The number of hydrogen-bond donors (Lipinski definition) is 4. The van der Waals surface area contributed by atoms with Crippen molar-refractivity contribution in [2.45, 2.75) is 93.5 Å². The lowest BCUT2D eigenvalue weighted by atomic mass is 9.84. The number of carbonyl (C=O) groups is 4. The zero-order chi connectivity index (χ0) is 61.9. The van der Waals surface area contributed by atoms with Crippen LogP contribution in [0.25, 0.3) is 4.85 Å². The minimum atomic E-state index is -3.96. The number of nitrogens with zero attached hydrogens (tertiary/aromatic N) is 6. The van der Waals surface area contributed by atoms with Gasteiger partial charge in [0, 0.05) is 56.4 Å². The molecule has 20 heteroatoms. The van der Waals surface area contributed by atoms with Crippen molar-refractivity contribution >= 4 is 66.5 Å². The smallest absolute Gasteiger partial charge is 0.339 e. The highest BCUT2D eigenvalue weighted by molar-refractivity contribution is 7.89. The molecule has 0 unspecified atom stereocenters. The van der Waals surface area contributed by atoms with E-state index in [4.69, 9.17) is 6.57 Å². The molecule has 1 aliphatic carbocycles. The number of aromatic carboxylic acids is 2. The number of piperidine rings is 1.